The Morgan fingerprint density at radius 1 is 1.00 bits per heavy atom. The molecular weight excluding hydrogens is 174 g/mol. The summed E-state index contributed by atoms with van der Waals surface area (Å²) < 4.78 is 0. The van der Waals surface area contributed by atoms with E-state index in [-0.39, 0.29) is 12.1 Å². The first kappa shape index (κ1) is 11.2. The second-order valence-corrected chi connectivity index (χ2v) is 3.59. The van der Waals surface area contributed by atoms with Crippen LogP contribution in [-0.2, 0) is 6.42 Å². The van der Waals surface area contributed by atoms with E-state index in [1.165, 1.54) is 5.56 Å². The van der Waals surface area contributed by atoms with Crippen molar-refractivity contribution in [3.8, 4) is 0 Å². The highest BCUT2D eigenvalue weighted by atomic mass is 14.8. The van der Waals surface area contributed by atoms with Crippen molar-refractivity contribution in [1.29, 1.82) is 0 Å². The molecule has 0 amide bonds. The molecule has 0 aromatic heterocycles. The molecule has 0 aliphatic carbocycles. The Morgan fingerprint density at radius 3 is 2.21 bits per heavy atom. The third-order valence-electron chi connectivity index (χ3n) is 2.36. The molecule has 1 aromatic rings. The summed E-state index contributed by atoms with van der Waals surface area (Å²) in [5, 5.41) is 0. The van der Waals surface area contributed by atoms with Gasteiger partial charge in [0.25, 0.3) is 0 Å². The van der Waals surface area contributed by atoms with E-state index < -0.39 is 0 Å². The first-order valence-electron chi connectivity index (χ1n) is 4.99. The van der Waals surface area contributed by atoms with Gasteiger partial charge >= 0.3 is 0 Å². The molecule has 78 valence electrons. The molecule has 0 fully saturated rings. The molecule has 3 nitrogen and oxygen atoms in total. The Hall–Kier alpha value is -0.900. The smallest absolute Gasteiger partial charge is 0.0233 e. The molecule has 6 N–H and O–H groups in total. The summed E-state index contributed by atoms with van der Waals surface area (Å²) in [7, 11) is 0. The van der Waals surface area contributed by atoms with Gasteiger partial charge in [0.1, 0.15) is 0 Å². The minimum atomic E-state index is 0.000191. The van der Waals surface area contributed by atoms with Crippen LogP contribution in [0.1, 0.15) is 12.0 Å². The van der Waals surface area contributed by atoms with E-state index >= 15 is 0 Å². The molecule has 2 unspecified atom stereocenters. The summed E-state index contributed by atoms with van der Waals surface area (Å²) >= 11 is 0. The van der Waals surface area contributed by atoms with Crippen LogP contribution in [0.15, 0.2) is 30.3 Å². The van der Waals surface area contributed by atoms with Gasteiger partial charge in [-0.05, 0) is 24.9 Å². The maximum atomic E-state index is 5.95. The first-order chi connectivity index (χ1) is 6.74. The molecule has 1 rings (SSSR count). The quantitative estimate of drug-likeness (QED) is 0.626. The average Bonchev–Trinajstić information content (AvgIpc) is 2.19. The van der Waals surface area contributed by atoms with Gasteiger partial charge in [-0.15, -0.1) is 0 Å². The Balaban J connectivity index is 2.44. The third kappa shape index (κ3) is 3.46. The van der Waals surface area contributed by atoms with Gasteiger partial charge in [0, 0.05) is 12.1 Å². The summed E-state index contributed by atoms with van der Waals surface area (Å²) in [6.45, 7) is 0.601. The molecular formula is C11H19N3. The van der Waals surface area contributed by atoms with Crippen molar-refractivity contribution >= 4 is 0 Å². The lowest BCUT2D eigenvalue weighted by Crippen LogP contribution is -2.44. The van der Waals surface area contributed by atoms with Gasteiger partial charge in [0.15, 0.2) is 0 Å². The van der Waals surface area contributed by atoms with Crippen LogP contribution >= 0.6 is 0 Å². The second-order valence-electron chi connectivity index (χ2n) is 3.59. The fourth-order valence-corrected chi connectivity index (χ4v) is 1.44. The van der Waals surface area contributed by atoms with Gasteiger partial charge in [-0.25, -0.2) is 0 Å². The summed E-state index contributed by atoms with van der Waals surface area (Å²) in [6.07, 6.45) is 1.61. The number of benzene rings is 1. The average molecular weight is 193 g/mol. The SMILES string of the molecule is NCCC(N)C(N)Cc1ccccc1. The lowest BCUT2D eigenvalue weighted by Gasteiger charge is -2.19. The Kier molecular flexibility index (Phi) is 4.59. The zero-order valence-electron chi connectivity index (χ0n) is 8.39. The molecule has 0 aliphatic heterocycles. The van der Waals surface area contributed by atoms with Gasteiger partial charge < -0.3 is 17.2 Å². The van der Waals surface area contributed by atoms with Crippen molar-refractivity contribution in [2.45, 2.75) is 24.9 Å². The maximum Gasteiger partial charge on any atom is 0.0233 e. The monoisotopic (exact) mass is 193 g/mol. The van der Waals surface area contributed by atoms with E-state index in [4.69, 9.17) is 17.2 Å². The van der Waals surface area contributed by atoms with Crippen molar-refractivity contribution < 1.29 is 0 Å². The van der Waals surface area contributed by atoms with Crippen LogP contribution in [0.2, 0.25) is 0 Å². The van der Waals surface area contributed by atoms with E-state index in [2.05, 4.69) is 12.1 Å². The number of hydrogen-bond acceptors (Lipinski definition) is 3. The first-order valence-corrected chi connectivity index (χ1v) is 4.99. The number of hydrogen-bond donors (Lipinski definition) is 3. The van der Waals surface area contributed by atoms with Gasteiger partial charge in [-0.2, -0.15) is 0 Å². The van der Waals surface area contributed by atoms with Crippen LogP contribution in [0.3, 0.4) is 0 Å². The lowest BCUT2D eigenvalue weighted by atomic mass is 9.99. The summed E-state index contributed by atoms with van der Waals surface area (Å²) in [5.74, 6) is 0. The van der Waals surface area contributed by atoms with Crippen LogP contribution in [0.25, 0.3) is 0 Å². The molecule has 0 heterocycles. The summed E-state index contributed by atoms with van der Waals surface area (Å²) in [5.41, 5.74) is 18.5. The van der Waals surface area contributed by atoms with E-state index in [9.17, 15) is 0 Å². The fraction of sp³-hybridized carbons (Fsp3) is 0.455. The highest BCUT2D eigenvalue weighted by molar-refractivity contribution is 5.16. The molecule has 0 saturated heterocycles. The Bertz CT molecular complexity index is 248. The topological polar surface area (TPSA) is 78.1 Å². The molecule has 0 aliphatic rings. The minimum Gasteiger partial charge on any atom is -0.330 e. The van der Waals surface area contributed by atoms with E-state index in [1.807, 2.05) is 18.2 Å². The van der Waals surface area contributed by atoms with Crippen LogP contribution in [0.5, 0.6) is 0 Å². The molecule has 14 heavy (non-hydrogen) atoms. The van der Waals surface area contributed by atoms with Crippen LogP contribution < -0.4 is 17.2 Å². The van der Waals surface area contributed by atoms with Crippen LogP contribution in [-0.4, -0.2) is 18.6 Å². The van der Waals surface area contributed by atoms with E-state index in [0.29, 0.717) is 6.54 Å². The van der Waals surface area contributed by atoms with Gasteiger partial charge in [-0.3, -0.25) is 0 Å². The molecule has 3 heteroatoms. The molecule has 1 aromatic carbocycles. The fourth-order valence-electron chi connectivity index (χ4n) is 1.44. The Morgan fingerprint density at radius 2 is 1.64 bits per heavy atom. The van der Waals surface area contributed by atoms with E-state index in [0.717, 1.165) is 12.8 Å². The maximum absolute atomic E-state index is 5.95. The van der Waals surface area contributed by atoms with Crippen molar-refractivity contribution in [1.82, 2.24) is 0 Å². The van der Waals surface area contributed by atoms with Crippen molar-refractivity contribution in [3.05, 3.63) is 35.9 Å². The zero-order chi connectivity index (χ0) is 10.4. The predicted octanol–water partition coefficient (Wildman–Crippen LogP) is 0.233. The number of nitrogens with two attached hydrogens (primary N) is 3. The highest BCUT2D eigenvalue weighted by Gasteiger charge is 2.12. The van der Waals surface area contributed by atoms with Crippen LogP contribution in [0.4, 0.5) is 0 Å². The molecule has 0 spiro atoms. The van der Waals surface area contributed by atoms with Crippen molar-refractivity contribution in [3.63, 3.8) is 0 Å². The van der Waals surface area contributed by atoms with Gasteiger partial charge in [-0.1, -0.05) is 30.3 Å². The summed E-state index contributed by atoms with van der Waals surface area (Å²) in [4.78, 5) is 0. The lowest BCUT2D eigenvalue weighted by molar-refractivity contribution is 0.497. The molecule has 0 bridgehead atoms. The van der Waals surface area contributed by atoms with Gasteiger partial charge in [0.05, 0.1) is 0 Å². The second kappa shape index (κ2) is 5.75. The van der Waals surface area contributed by atoms with Crippen molar-refractivity contribution in [2.24, 2.45) is 17.2 Å². The Labute approximate surface area is 85.3 Å². The number of rotatable bonds is 5. The molecule has 0 radical (unpaired) electrons. The highest BCUT2D eigenvalue weighted by Crippen LogP contribution is 2.04. The molecule has 0 saturated carbocycles. The zero-order valence-corrected chi connectivity index (χ0v) is 8.39. The van der Waals surface area contributed by atoms with Crippen LogP contribution in [0, 0.1) is 0 Å². The minimum absolute atomic E-state index is 0.000191. The van der Waals surface area contributed by atoms with Gasteiger partial charge in [0.2, 0.25) is 0 Å². The van der Waals surface area contributed by atoms with Crippen molar-refractivity contribution in [2.75, 3.05) is 6.54 Å². The predicted molar refractivity (Wildman–Crippen MR) is 59.8 cm³/mol. The standard InChI is InChI=1S/C11H19N3/c12-7-6-10(13)11(14)8-9-4-2-1-3-5-9/h1-5,10-11H,6-8,12-14H2. The van der Waals surface area contributed by atoms with E-state index in [1.54, 1.807) is 0 Å². The molecule has 2 atom stereocenters. The third-order valence-corrected chi connectivity index (χ3v) is 2.36. The summed E-state index contributed by atoms with van der Waals surface area (Å²) in [6, 6.07) is 10.1. The normalized spacial score (nSPS) is 15.1. The largest absolute Gasteiger partial charge is 0.330 e.